The summed E-state index contributed by atoms with van der Waals surface area (Å²) in [6, 6.07) is 12.5. The van der Waals surface area contributed by atoms with Crippen molar-refractivity contribution in [3.8, 4) is 11.1 Å². The molecular formula is C30H28N4O3. The molecule has 1 saturated carbocycles. The van der Waals surface area contributed by atoms with Crippen LogP contribution in [0.1, 0.15) is 60.8 Å². The lowest BCUT2D eigenvalue weighted by atomic mass is 10.00. The summed E-state index contributed by atoms with van der Waals surface area (Å²) < 4.78 is 13.7. The number of nitrogens with zero attached hydrogens (tertiary/aromatic N) is 4. The standard InChI is InChI=1S/C30H28N4O3/c1-4-36-30(35)26-23-11-19(12-24(23)26)29-31-13-20(14-32-29)18-9-10-25-33-16(2)27(34(25)15-18)28-22-8-6-5-7-21(22)17(3)37-28/h5-11,13-15,17,23-24,26,28H,4,12H2,1-3H3/t17-,23+,24-,26-,28-/m0/s1. The molecule has 0 unspecified atom stereocenters. The first-order valence-corrected chi connectivity index (χ1v) is 13.0. The second-order valence-electron chi connectivity index (χ2n) is 10.2. The SMILES string of the molecule is CCOC(=O)[C@H]1[C@@H]2C=C(c3ncc(-c4ccc5nc(C)c([C@H]6O[C@@H](C)c7ccccc76)n5c4)cn3)C[C@@H]21. The molecule has 2 aliphatic carbocycles. The zero-order valence-corrected chi connectivity index (χ0v) is 21.1. The highest BCUT2D eigenvalue weighted by atomic mass is 16.5. The summed E-state index contributed by atoms with van der Waals surface area (Å²) in [5.41, 5.74) is 8.42. The molecule has 1 aromatic carbocycles. The molecule has 7 nitrogen and oxygen atoms in total. The van der Waals surface area contributed by atoms with Crippen molar-refractivity contribution >= 4 is 17.2 Å². The topological polar surface area (TPSA) is 78.6 Å². The average Bonchev–Trinajstić information content (AvgIpc) is 3.17. The van der Waals surface area contributed by atoms with Crippen molar-refractivity contribution in [1.82, 2.24) is 19.4 Å². The van der Waals surface area contributed by atoms with E-state index >= 15 is 0 Å². The van der Waals surface area contributed by atoms with E-state index in [1.165, 1.54) is 11.1 Å². The Morgan fingerprint density at radius 1 is 1.11 bits per heavy atom. The zero-order chi connectivity index (χ0) is 25.3. The van der Waals surface area contributed by atoms with Crippen molar-refractivity contribution in [3.05, 3.63) is 89.4 Å². The fraction of sp³-hybridized carbons (Fsp3) is 0.333. The van der Waals surface area contributed by atoms with Crippen LogP contribution in [0.3, 0.4) is 0 Å². The molecule has 3 aromatic heterocycles. The lowest BCUT2D eigenvalue weighted by Gasteiger charge is -2.14. The summed E-state index contributed by atoms with van der Waals surface area (Å²) in [5, 5.41) is 0. The minimum Gasteiger partial charge on any atom is -0.466 e. The minimum absolute atomic E-state index is 0.0151. The maximum absolute atomic E-state index is 12.0. The van der Waals surface area contributed by atoms with Gasteiger partial charge in [-0.15, -0.1) is 0 Å². The van der Waals surface area contributed by atoms with Crippen LogP contribution >= 0.6 is 0 Å². The number of fused-ring (bicyclic) bond motifs is 3. The van der Waals surface area contributed by atoms with Gasteiger partial charge in [0.2, 0.25) is 0 Å². The molecule has 186 valence electrons. The lowest BCUT2D eigenvalue weighted by Crippen LogP contribution is -2.09. The number of allylic oxidation sites excluding steroid dienone is 2. The van der Waals surface area contributed by atoms with Crippen LogP contribution in [0.15, 0.2) is 61.1 Å². The molecule has 0 bridgehead atoms. The zero-order valence-electron chi connectivity index (χ0n) is 21.1. The van der Waals surface area contributed by atoms with Crippen LogP contribution in [0.2, 0.25) is 0 Å². The third kappa shape index (κ3) is 3.52. The summed E-state index contributed by atoms with van der Waals surface area (Å²) in [4.78, 5) is 26.2. The third-order valence-electron chi connectivity index (χ3n) is 8.05. The van der Waals surface area contributed by atoms with Gasteiger partial charge in [0.05, 0.1) is 30.0 Å². The van der Waals surface area contributed by atoms with Crippen LogP contribution in [-0.4, -0.2) is 31.9 Å². The number of benzene rings is 1. The van der Waals surface area contributed by atoms with Gasteiger partial charge in [-0.3, -0.25) is 4.79 Å². The van der Waals surface area contributed by atoms with Crippen molar-refractivity contribution in [1.29, 1.82) is 0 Å². The monoisotopic (exact) mass is 492 g/mol. The van der Waals surface area contributed by atoms with Gasteiger partial charge < -0.3 is 13.9 Å². The molecule has 7 rings (SSSR count). The van der Waals surface area contributed by atoms with E-state index in [2.05, 4.69) is 63.9 Å². The molecule has 0 spiro atoms. The number of carbonyl (C=O) groups excluding carboxylic acids is 1. The fourth-order valence-electron chi connectivity index (χ4n) is 6.17. The molecule has 1 fully saturated rings. The Hall–Kier alpha value is -3.84. The Morgan fingerprint density at radius 3 is 2.62 bits per heavy atom. The predicted octanol–water partition coefficient (Wildman–Crippen LogP) is 5.49. The van der Waals surface area contributed by atoms with Crippen molar-refractivity contribution < 1.29 is 14.3 Å². The predicted molar refractivity (Wildman–Crippen MR) is 138 cm³/mol. The smallest absolute Gasteiger partial charge is 0.309 e. The molecule has 4 aromatic rings. The van der Waals surface area contributed by atoms with Gasteiger partial charge in [-0.05, 0) is 67.9 Å². The molecule has 0 amide bonds. The molecule has 37 heavy (non-hydrogen) atoms. The number of pyridine rings is 1. The molecule has 0 N–H and O–H groups in total. The van der Waals surface area contributed by atoms with Gasteiger partial charge in [-0.1, -0.05) is 30.3 Å². The lowest BCUT2D eigenvalue weighted by molar-refractivity contribution is -0.145. The largest absolute Gasteiger partial charge is 0.466 e. The molecule has 0 radical (unpaired) electrons. The Balaban J connectivity index is 1.17. The van der Waals surface area contributed by atoms with Crippen molar-refractivity contribution in [2.24, 2.45) is 17.8 Å². The molecular weight excluding hydrogens is 464 g/mol. The molecule has 4 heterocycles. The fourth-order valence-corrected chi connectivity index (χ4v) is 6.17. The second kappa shape index (κ2) is 8.35. The summed E-state index contributed by atoms with van der Waals surface area (Å²) in [7, 11) is 0. The summed E-state index contributed by atoms with van der Waals surface area (Å²) in [6.45, 7) is 6.42. The third-order valence-corrected chi connectivity index (χ3v) is 8.05. The van der Waals surface area contributed by atoms with Crippen LogP contribution in [0, 0.1) is 24.7 Å². The molecule has 1 aliphatic heterocycles. The van der Waals surface area contributed by atoms with Gasteiger partial charge in [0.25, 0.3) is 0 Å². The second-order valence-corrected chi connectivity index (χ2v) is 10.2. The Morgan fingerprint density at radius 2 is 1.89 bits per heavy atom. The van der Waals surface area contributed by atoms with Crippen LogP contribution in [-0.2, 0) is 14.3 Å². The van der Waals surface area contributed by atoms with E-state index in [0.29, 0.717) is 12.5 Å². The first-order valence-electron chi connectivity index (χ1n) is 13.0. The highest BCUT2D eigenvalue weighted by molar-refractivity contribution is 5.81. The number of hydrogen-bond donors (Lipinski definition) is 0. The van der Waals surface area contributed by atoms with Crippen LogP contribution < -0.4 is 0 Å². The van der Waals surface area contributed by atoms with Gasteiger partial charge in [0.1, 0.15) is 11.8 Å². The molecule has 7 heteroatoms. The van der Waals surface area contributed by atoms with E-state index in [-0.39, 0.29) is 30.0 Å². The normalized spacial score (nSPS) is 25.6. The Bertz CT molecular complexity index is 1570. The summed E-state index contributed by atoms with van der Waals surface area (Å²) in [6.07, 6.45) is 8.74. The van der Waals surface area contributed by atoms with Gasteiger partial charge in [0, 0.05) is 29.7 Å². The number of aryl methyl sites for hydroxylation is 1. The highest BCUT2D eigenvalue weighted by Gasteiger charge is 2.57. The summed E-state index contributed by atoms with van der Waals surface area (Å²) in [5.74, 6) is 1.29. The molecule has 5 atom stereocenters. The van der Waals surface area contributed by atoms with E-state index < -0.39 is 0 Å². The first-order chi connectivity index (χ1) is 18.0. The first kappa shape index (κ1) is 22.4. The number of aromatic nitrogens is 4. The Labute approximate surface area is 215 Å². The number of imidazole rings is 1. The van der Waals surface area contributed by atoms with Crippen LogP contribution in [0.5, 0.6) is 0 Å². The van der Waals surface area contributed by atoms with Crippen LogP contribution in [0.25, 0.3) is 22.3 Å². The number of ether oxygens (including phenoxy) is 2. The van der Waals surface area contributed by atoms with Gasteiger partial charge >= 0.3 is 5.97 Å². The molecule has 3 aliphatic rings. The van der Waals surface area contributed by atoms with Gasteiger partial charge in [0.15, 0.2) is 5.82 Å². The van der Waals surface area contributed by atoms with E-state index in [1.807, 2.05) is 32.3 Å². The number of carbonyl (C=O) groups is 1. The molecule has 0 saturated heterocycles. The van der Waals surface area contributed by atoms with Crippen molar-refractivity contribution in [2.75, 3.05) is 6.61 Å². The van der Waals surface area contributed by atoms with E-state index in [0.717, 1.165) is 46.0 Å². The van der Waals surface area contributed by atoms with E-state index in [9.17, 15) is 4.79 Å². The summed E-state index contributed by atoms with van der Waals surface area (Å²) >= 11 is 0. The number of hydrogen-bond acceptors (Lipinski definition) is 6. The quantitative estimate of drug-likeness (QED) is 0.343. The number of rotatable bonds is 5. The van der Waals surface area contributed by atoms with E-state index in [1.54, 1.807) is 0 Å². The number of esters is 1. The van der Waals surface area contributed by atoms with Crippen molar-refractivity contribution in [2.45, 2.75) is 39.4 Å². The van der Waals surface area contributed by atoms with Crippen molar-refractivity contribution in [3.63, 3.8) is 0 Å². The average molecular weight is 493 g/mol. The van der Waals surface area contributed by atoms with Gasteiger partial charge in [-0.2, -0.15) is 0 Å². The van der Waals surface area contributed by atoms with E-state index in [4.69, 9.17) is 14.5 Å². The Kier molecular flexibility index (Phi) is 5.05. The maximum atomic E-state index is 12.0. The van der Waals surface area contributed by atoms with Gasteiger partial charge in [-0.25, -0.2) is 15.0 Å². The highest BCUT2D eigenvalue weighted by Crippen LogP contribution is 2.58. The van der Waals surface area contributed by atoms with Crippen LogP contribution in [0.4, 0.5) is 0 Å². The maximum Gasteiger partial charge on any atom is 0.309 e. The minimum atomic E-state index is -0.158.